The van der Waals surface area contributed by atoms with Crippen LogP contribution >= 0.6 is 15.9 Å². The fraction of sp³-hybridized carbons (Fsp3) is 0.500. The summed E-state index contributed by atoms with van der Waals surface area (Å²) in [7, 11) is -3.41. The fourth-order valence-corrected chi connectivity index (χ4v) is 3.78. The Balaban J connectivity index is 2.86. The molecule has 2 unspecified atom stereocenters. The third-order valence-corrected chi connectivity index (χ3v) is 4.54. The number of aryl methyl sites for hydroxylation is 1. The molecule has 0 saturated heterocycles. The number of alkyl halides is 1. The normalized spacial score (nSPS) is 15.5. The molecule has 1 aromatic rings. The maximum Gasteiger partial charge on any atom is 0.241 e. The highest BCUT2D eigenvalue weighted by Crippen LogP contribution is 2.15. The van der Waals surface area contributed by atoms with Crippen molar-refractivity contribution in [1.29, 1.82) is 0 Å². The Morgan fingerprint density at radius 2 is 1.88 bits per heavy atom. The van der Waals surface area contributed by atoms with Crippen LogP contribution in [0.4, 0.5) is 0 Å². The molecule has 1 rings (SSSR count). The lowest BCUT2D eigenvalue weighted by atomic mass is 10.2. The number of halogens is 1. The average Bonchev–Trinajstić information content (AvgIpc) is 2.15. The second-order valence-electron chi connectivity index (χ2n) is 4.30. The molecular weight excluding hydrogens is 302 g/mol. The quantitative estimate of drug-likeness (QED) is 0.848. The van der Waals surface area contributed by atoms with E-state index in [9.17, 15) is 8.42 Å². The Kier molecular flexibility index (Phi) is 5.16. The Morgan fingerprint density at radius 1 is 1.29 bits per heavy atom. The molecule has 0 amide bonds. The number of nitrogens with one attached hydrogen (secondary N) is 1. The summed E-state index contributed by atoms with van der Waals surface area (Å²) in [5, 5.41) is 0. The molecular formula is C12H18BrNO2S. The van der Waals surface area contributed by atoms with Crippen molar-refractivity contribution < 1.29 is 8.42 Å². The van der Waals surface area contributed by atoms with Gasteiger partial charge in [0.15, 0.2) is 0 Å². The highest BCUT2D eigenvalue weighted by molar-refractivity contribution is 9.09. The predicted molar refractivity (Wildman–Crippen MR) is 74.0 cm³/mol. The summed E-state index contributed by atoms with van der Waals surface area (Å²) in [6.07, 6.45) is 0.755. The van der Waals surface area contributed by atoms with Gasteiger partial charge in [-0.1, -0.05) is 41.1 Å². The van der Waals surface area contributed by atoms with Gasteiger partial charge in [0.2, 0.25) is 10.0 Å². The van der Waals surface area contributed by atoms with Crippen molar-refractivity contribution in [2.24, 2.45) is 0 Å². The molecule has 0 aliphatic heterocycles. The van der Waals surface area contributed by atoms with E-state index < -0.39 is 10.0 Å². The molecule has 0 saturated carbocycles. The topological polar surface area (TPSA) is 46.2 Å². The van der Waals surface area contributed by atoms with Crippen LogP contribution in [-0.4, -0.2) is 19.3 Å². The zero-order valence-electron chi connectivity index (χ0n) is 10.3. The molecule has 1 aromatic carbocycles. The molecule has 0 heterocycles. The van der Waals surface area contributed by atoms with Crippen molar-refractivity contribution in [2.75, 3.05) is 0 Å². The lowest BCUT2D eigenvalue weighted by molar-refractivity contribution is 0.547. The first-order valence-corrected chi connectivity index (χ1v) is 7.95. The third-order valence-electron chi connectivity index (χ3n) is 2.42. The lowest BCUT2D eigenvalue weighted by Gasteiger charge is -2.16. The Morgan fingerprint density at radius 3 is 2.41 bits per heavy atom. The molecule has 0 aromatic heterocycles. The smallest absolute Gasteiger partial charge is 0.208 e. The average molecular weight is 320 g/mol. The van der Waals surface area contributed by atoms with Gasteiger partial charge in [0, 0.05) is 10.9 Å². The molecule has 0 spiro atoms. The Labute approximate surface area is 112 Å². The Bertz CT molecular complexity index is 471. The molecule has 1 N–H and O–H groups in total. The van der Waals surface area contributed by atoms with Crippen molar-refractivity contribution in [1.82, 2.24) is 4.72 Å². The van der Waals surface area contributed by atoms with Gasteiger partial charge in [-0.15, -0.1) is 0 Å². The Hall–Kier alpha value is -0.390. The zero-order chi connectivity index (χ0) is 13.1. The van der Waals surface area contributed by atoms with E-state index in [1.165, 1.54) is 0 Å². The SMILES string of the molecule is Cc1ccccc1S(=O)(=O)NC(C)CC(C)Br. The van der Waals surface area contributed by atoms with E-state index in [0.717, 1.165) is 12.0 Å². The van der Waals surface area contributed by atoms with Gasteiger partial charge in [-0.25, -0.2) is 13.1 Å². The second-order valence-corrected chi connectivity index (χ2v) is 7.55. The van der Waals surface area contributed by atoms with Gasteiger partial charge in [-0.3, -0.25) is 0 Å². The number of sulfonamides is 1. The summed E-state index contributed by atoms with van der Waals surface area (Å²) in [5.74, 6) is 0. The summed E-state index contributed by atoms with van der Waals surface area (Å²) in [6.45, 7) is 5.67. The van der Waals surface area contributed by atoms with Crippen LogP contribution in [0.1, 0.15) is 25.8 Å². The van der Waals surface area contributed by atoms with Crippen LogP contribution in [0, 0.1) is 6.92 Å². The molecule has 0 aliphatic rings. The van der Waals surface area contributed by atoms with Gasteiger partial charge in [-0.2, -0.15) is 0 Å². The van der Waals surface area contributed by atoms with Crippen molar-refractivity contribution >= 4 is 26.0 Å². The van der Waals surface area contributed by atoms with Crippen molar-refractivity contribution in [3.8, 4) is 0 Å². The van der Waals surface area contributed by atoms with Gasteiger partial charge in [-0.05, 0) is 31.9 Å². The lowest BCUT2D eigenvalue weighted by Crippen LogP contribution is -2.34. The molecule has 96 valence electrons. The number of hydrogen-bond donors (Lipinski definition) is 1. The van der Waals surface area contributed by atoms with E-state index in [4.69, 9.17) is 0 Å². The second kappa shape index (κ2) is 5.98. The molecule has 2 atom stereocenters. The zero-order valence-corrected chi connectivity index (χ0v) is 12.7. The van der Waals surface area contributed by atoms with E-state index in [1.807, 2.05) is 19.9 Å². The van der Waals surface area contributed by atoms with Gasteiger partial charge >= 0.3 is 0 Å². The van der Waals surface area contributed by atoms with Gasteiger partial charge in [0.05, 0.1) is 4.90 Å². The van der Waals surface area contributed by atoms with Gasteiger partial charge in [0.25, 0.3) is 0 Å². The molecule has 17 heavy (non-hydrogen) atoms. The monoisotopic (exact) mass is 319 g/mol. The third kappa shape index (κ3) is 4.41. The first-order chi connectivity index (χ1) is 7.83. The standard InChI is InChI=1S/C12H18BrNO2S/c1-9-6-4-5-7-12(9)17(15,16)14-11(3)8-10(2)13/h4-7,10-11,14H,8H2,1-3H3. The van der Waals surface area contributed by atoms with Crippen LogP contribution in [0.15, 0.2) is 29.2 Å². The minimum absolute atomic E-state index is 0.0889. The van der Waals surface area contributed by atoms with Crippen molar-refractivity contribution in [3.05, 3.63) is 29.8 Å². The van der Waals surface area contributed by atoms with E-state index in [1.54, 1.807) is 25.1 Å². The summed E-state index contributed by atoms with van der Waals surface area (Å²) in [4.78, 5) is 0.645. The molecule has 0 fully saturated rings. The van der Waals surface area contributed by atoms with Gasteiger partial charge < -0.3 is 0 Å². The minimum atomic E-state index is -3.41. The summed E-state index contributed by atoms with van der Waals surface area (Å²) in [6, 6.07) is 6.90. The number of rotatable bonds is 5. The fourth-order valence-electron chi connectivity index (χ4n) is 1.72. The van der Waals surface area contributed by atoms with Crippen LogP contribution in [0.5, 0.6) is 0 Å². The van der Waals surface area contributed by atoms with Crippen LogP contribution in [0.2, 0.25) is 0 Å². The summed E-state index contributed by atoms with van der Waals surface area (Å²) >= 11 is 3.42. The molecule has 5 heteroatoms. The summed E-state index contributed by atoms with van der Waals surface area (Å²) < 4.78 is 26.9. The largest absolute Gasteiger partial charge is 0.241 e. The van der Waals surface area contributed by atoms with E-state index in [2.05, 4.69) is 20.7 Å². The molecule has 0 aliphatic carbocycles. The predicted octanol–water partition coefficient (Wildman–Crippen LogP) is 2.84. The van der Waals surface area contributed by atoms with Gasteiger partial charge in [0.1, 0.15) is 0 Å². The van der Waals surface area contributed by atoms with E-state index >= 15 is 0 Å². The molecule has 0 bridgehead atoms. The molecule has 3 nitrogen and oxygen atoms in total. The highest BCUT2D eigenvalue weighted by Gasteiger charge is 2.19. The maximum atomic E-state index is 12.1. The highest BCUT2D eigenvalue weighted by atomic mass is 79.9. The van der Waals surface area contributed by atoms with Crippen LogP contribution in [0.25, 0.3) is 0 Å². The van der Waals surface area contributed by atoms with E-state index in [0.29, 0.717) is 4.90 Å². The van der Waals surface area contributed by atoms with Crippen LogP contribution < -0.4 is 4.72 Å². The first-order valence-electron chi connectivity index (χ1n) is 5.55. The van der Waals surface area contributed by atoms with Crippen LogP contribution in [-0.2, 0) is 10.0 Å². The van der Waals surface area contributed by atoms with Crippen molar-refractivity contribution in [2.45, 2.75) is 43.0 Å². The molecule has 0 radical (unpaired) electrons. The maximum absolute atomic E-state index is 12.1. The number of hydrogen-bond acceptors (Lipinski definition) is 2. The minimum Gasteiger partial charge on any atom is -0.208 e. The van der Waals surface area contributed by atoms with Crippen LogP contribution in [0.3, 0.4) is 0 Å². The number of benzene rings is 1. The first kappa shape index (κ1) is 14.7. The summed E-state index contributed by atoms with van der Waals surface area (Å²) in [5.41, 5.74) is 0.763. The van der Waals surface area contributed by atoms with Crippen molar-refractivity contribution in [3.63, 3.8) is 0 Å². The van der Waals surface area contributed by atoms with E-state index in [-0.39, 0.29) is 10.9 Å².